The molecule has 1 amide bonds. The van der Waals surface area contributed by atoms with E-state index in [1.54, 1.807) is 24.5 Å². The fraction of sp³-hybridized carbons (Fsp3) is 0.0769. The summed E-state index contributed by atoms with van der Waals surface area (Å²) in [4.78, 5) is 24.3. The molecule has 0 fully saturated rings. The van der Waals surface area contributed by atoms with Crippen molar-refractivity contribution in [1.29, 1.82) is 0 Å². The highest BCUT2D eigenvalue weighted by molar-refractivity contribution is 6.30. The van der Waals surface area contributed by atoms with Gasteiger partial charge in [-0.1, -0.05) is 35.9 Å². The van der Waals surface area contributed by atoms with Crippen LogP contribution in [0.2, 0.25) is 5.02 Å². The Labute approximate surface area is 194 Å². The second kappa shape index (κ2) is 8.48. The van der Waals surface area contributed by atoms with Crippen LogP contribution in [-0.2, 0) is 13.1 Å². The van der Waals surface area contributed by atoms with Gasteiger partial charge in [0.25, 0.3) is 5.91 Å². The summed E-state index contributed by atoms with van der Waals surface area (Å²) in [5.74, 6) is -1.22. The van der Waals surface area contributed by atoms with Crippen LogP contribution in [0.3, 0.4) is 0 Å². The van der Waals surface area contributed by atoms with Gasteiger partial charge in [-0.15, -0.1) is 0 Å². The fourth-order valence-corrected chi connectivity index (χ4v) is 4.10. The number of benzene rings is 3. The number of carbonyl (C=O) groups is 2. The molecule has 0 saturated heterocycles. The monoisotopic (exact) mass is 458 g/mol. The first-order valence-corrected chi connectivity index (χ1v) is 10.7. The van der Waals surface area contributed by atoms with E-state index < -0.39 is 5.97 Å². The van der Waals surface area contributed by atoms with Gasteiger partial charge < -0.3 is 19.4 Å². The minimum Gasteiger partial charge on any atom is -0.478 e. The Hall–Kier alpha value is -4.03. The van der Waals surface area contributed by atoms with Crippen LogP contribution < -0.4 is 5.32 Å². The third kappa shape index (κ3) is 4.08. The highest BCUT2D eigenvalue weighted by Crippen LogP contribution is 2.31. The Morgan fingerprint density at radius 1 is 0.939 bits per heavy atom. The van der Waals surface area contributed by atoms with E-state index in [0.717, 1.165) is 27.4 Å². The quantitative estimate of drug-likeness (QED) is 0.341. The van der Waals surface area contributed by atoms with Crippen LogP contribution in [0.25, 0.3) is 21.9 Å². The molecule has 0 spiro atoms. The lowest BCUT2D eigenvalue weighted by Gasteiger charge is -2.12. The number of amides is 1. The van der Waals surface area contributed by atoms with Crippen LogP contribution in [0.4, 0.5) is 0 Å². The van der Waals surface area contributed by atoms with Crippen molar-refractivity contribution in [2.75, 3.05) is 0 Å². The molecule has 6 nitrogen and oxygen atoms in total. The van der Waals surface area contributed by atoms with Gasteiger partial charge in [-0.2, -0.15) is 0 Å². The summed E-state index contributed by atoms with van der Waals surface area (Å²) in [6.45, 7) is 0.856. The maximum absolute atomic E-state index is 13.2. The summed E-state index contributed by atoms with van der Waals surface area (Å²) in [6.07, 6.45) is 3.58. The molecular formula is C26H19ClN2O4. The Balaban J connectivity index is 1.48. The molecule has 2 heterocycles. The summed E-state index contributed by atoms with van der Waals surface area (Å²) >= 11 is 6.02. The van der Waals surface area contributed by atoms with Crippen molar-refractivity contribution in [1.82, 2.24) is 9.88 Å². The second-order valence-electron chi connectivity index (χ2n) is 7.77. The predicted octanol–water partition coefficient (Wildman–Crippen LogP) is 5.72. The highest BCUT2D eigenvalue weighted by atomic mass is 35.5. The number of fused-ring (bicyclic) bond motifs is 3. The summed E-state index contributed by atoms with van der Waals surface area (Å²) in [7, 11) is 0. The molecule has 0 bridgehead atoms. The van der Waals surface area contributed by atoms with Gasteiger partial charge in [0.1, 0.15) is 5.58 Å². The number of rotatable bonds is 6. The zero-order chi connectivity index (χ0) is 22.9. The lowest BCUT2D eigenvalue weighted by Crippen LogP contribution is -2.23. The van der Waals surface area contributed by atoms with Gasteiger partial charge in [0, 0.05) is 35.1 Å². The number of furan rings is 1. The summed E-state index contributed by atoms with van der Waals surface area (Å²) in [6, 6.07) is 19.7. The molecule has 2 aromatic heterocycles. The first-order chi connectivity index (χ1) is 16.0. The zero-order valence-corrected chi connectivity index (χ0v) is 18.2. The number of aromatic carboxylic acids is 1. The van der Waals surface area contributed by atoms with E-state index in [1.165, 1.54) is 12.1 Å². The van der Waals surface area contributed by atoms with Gasteiger partial charge in [0.15, 0.2) is 0 Å². The first kappa shape index (κ1) is 20.8. The van der Waals surface area contributed by atoms with Crippen LogP contribution in [0, 0.1) is 0 Å². The van der Waals surface area contributed by atoms with E-state index in [4.69, 9.17) is 21.1 Å². The number of carboxylic acid groups (broad SMARTS) is 1. The Morgan fingerprint density at radius 2 is 1.67 bits per heavy atom. The topological polar surface area (TPSA) is 84.5 Å². The molecule has 3 aromatic carbocycles. The number of nitrogens with zero attached hydrogens (tertiary/aromatic N) is 1. The van der Waals surface area contributed by atoms with Crippen molar-refractivity contribution in [3.05, 3.63) is 106 Å². The van der Waals surface area contributed by atoms with Gasteiger partial charge in [-0.3, -0.25) is 4.79 Å². The first-order valence-electron chi connectivity index (χ1n) is 10.3. The third-order valence-electron chi connectivity index (χ3n) is 5.64. The van der Waals surface area contributed by atoms with E-state index in [0.29, 0.717) is 22.7 Å². The molecule has 2 N–H and O–H groups in total. The van der Waals surface area contributed by atoms with E-state index in [2.05, 4.69) is 5.32 Å². The summed E-state index contributed by atoms with van der Waals surface area (Å²) < 4.78 is 7.64. The van der Waals surface area contributed by atoms with Crippen molar-refractivity contribution in [3.63, 3.8) is 0 Å². The van der Waals surface area contributed by atoms with E-state index >= 15 is 0 Å². The lowest BCUT2D eigenvalue weighted by atomic mass is 10.1. The van der Waals surface area contributed by atoms with Gasteiger partial charge in [0.2, 0.25) is 0 Å². The minimum atomic E-state index is -0.985. The molecule has 0 atom stereocenters. The molecule has 0 saturated carbocycles. The molecule has 164 valence electrons. The van der Waals surface area contributed by atoms with Crippen LogP contribution in [0.1, 0.15) is 31.8 Å². The molecule has 5 aromatic rings. The number of carboxylic acids is 1. The molecule has 0 unspecified atom stereocenters. The van der Waals surface area contributed by atoms with E-state index in [-0.39, 0.29) is 18.0 Å². The van der Waals surface area contributed by atoms with Crippen LogP contribution >= 0.6 is 11.6 Å². The number of hydrogen-bond donors (Lipinski definition) is 2. The van der Waals surface area contributed by atoms with Crippen LogP contribution in [0.5, 0.6) is 0 Å². The zero-order valence-electron chi connectivity index (χ0n) is 17.4. The van der Waals surface area contributed by atoms with Gasteiger partial charge >= 0.3 is 5.97 Å². The van der Waals surface area contributed by atoms with Crippen molar-refractivity contribution in [3.8, 4) is 0 Å². The van der Waals surface area contributed by atoms with Crippen molar-refractivity contribution < 1.29 is 19.1 Å². The predicted molar refractivity (Wildman–Crippen MR) is 127 cm³/mol. The number of carbonyl (C=O) groups excluding carboxylic acids is 1. The molecule has 33 heavy (non-hydrogen) atoms. The minimum absolute atomic E-state index is 0.204. The van der Waals surface area contributed by atoms with Gasteiger partial charge in [-0.25, -0.2) is 4.79 Å². The lowest BCUT2D eigenvalue weighted by molar-refractivity contribution is 0.0696. The van der Waals surface area contributed by atoms with Gasteiger partial charge in [0.05, 0.1) is 22.9 Å². The maximum atomic E-state index is 13.2. The standard InChI is InChI=1S/C26H19ClN2O4/c27-19-7-3-17(4-8-19)15-29-11-9-21-20-10-12-33-23(20)13-22(24(21)29)25(30)28-14-16-1-5-18(6-2-16)26(31)32/h1-13H,14-15H2,(H,28,30)(H,31,32). The molecule has 0 radical (unpaired) electrons. The van der Waals surface area contributed by atoms with E-state index in [9.17, 15) is 9.59 Å². The number of nitrogens with one attached hydrogen (secondary N) is 1. The van der Waals surface area contributed by atoms with Crippen LogP contribution in [-0.4, -0.2) is 21.6 Å². The average molecular weight is 459 g/mol. The molecule has 0 aliphatic rings. The normalized spacial score (nSPS) is 11.2. The third-order valence-corrected chi connectivity index (χ3v) is 5.90. The molecule has 5 rings (SSSR count). The Bertz CT molecular complexity index is 1480. The largest absolute Gasteiger partial charge is 0.478 e. The van der Waals surface area contributed by atoms with Crippen molar-refractivity contribution in [2.24, 2.45) is 0 Å². The maximum Gasteiger partial charge on any atom is 0.335 e. The fourth-order valence-electron chi connectivity index (χ4n) is 3.98. The number of aromatic nitrogens is 1. The van der Waals surface area contributed by atoms with Crippen LogP contribution in [0.15, 0.2) is 83.6 Å². The number of hydrogen-bond acceptors (Lipinski definition) is 3. The molecule has 0 aliphatic heterocycles. The number of halogens is 1. The average Bonchev–Trinajstić information content (AvgIpc) is 3.45. The summed E-state index contributed by atoms with van der Waals surface area (Å²) in [5.41, 5.74) is 4.04. The Kier molecular flexibility index (Phi) is 5.36. The molecule has 0 aliphatic carbocycles. The Morgan fingerprint density at radius 3 is 2.39 bits per heavy atom. The molecule has 7 heteroatoms. The van der Waals surface area contributed by atoms with E-state index in [1.807, 2.05) is 47.2 Å². The molecular weight excluding hydrogens is 440 g/mol. The SMILES string of the molecule is O=C(O)c1ccc(CNC(=O)c2cc3occc3c3ccn(Cc4ccc(Cl)cc4)c23)cc1. The van der Waals surface area contributed by atoms with Crippen molar-refractivity contribution >= 4 is 45.3 Å². The van der Waals surface area contributed by atoms with Crippen molar-refractivity contribution in [2.45, 2.75) is 13.1 Å². The second-order valence-corrected chi connectivity index (χ2v) is 8.21. The summed E-state index contributed by atoms with van der Waals surface area (Å²) in [5, 5.41) is 14.5. The smallest absolute Gasteiger partial charge is 0.335 e. The highest BCUT2D eigenvalue weighted by Gasteiger charge is 2.18. The van der Waals surface area contributed by atoms with Gasteiger partial charge in [-0.05, 0) is 53.6 Å².